The van der Waals surface area contributed by atoms with Gasteiger partial charge in [-0.1, -0.05) is 19.9 Å². The molecule has 1 aromatic rings. The standard InChI is InChI=1S/C16H22N2O2S/c1-11(2)14-16(20)17-8-4-3-7-13(17)15(19)18(14)10-12-6-5-9-21-12/h5-6,9,11,13-14H,3-4,7-8,10H2,1-2H3. The molecule has 0 radical (unpaired) electrons. The van der Waals surface area contributed by atoms with E-state index in [1.54, 1.807) is 11.3 Å². The van der Waals surface area contributed by atoms with Gasteiger partial charge in [-0.3, -0.25) is 9.59 Å². The van der Waals surface area contributed by atoms with Gasteiger partial charge in [-0.05, 0) is 36.6 Å². The molecule has 2 amide bonds. The van der Waals surface area contributed by atoms with E-state index < -0.39 is 0 Å². The zero-order valence-corrected chi connectivity index (χ0v) is 13.4. The number of carbonyl (C=O) groups is 2. The van der Waals surface area contributed by atoms with E-state index in [9.17, 15) is 9.59 Å². The fourth-order valence-electron chi connectivity index (χ4n) is 3.48. The fourth-order valence-corrected chi connectivity index (χ4v) is 4.18. The Morgan fingerprint density at radius 1 is 1.29 bits per heavy atom. The second-order valence-electron chi connectivity index (χ2n) is 6.28. The summed E-state index contributed by atoms with van der Waals surface area (Å²) in [5.41, 5.74) is 0. The Bertz CT molecular complexity index is 526. The Kier molecular flexibility index (Phi) is 4.02. The molecule has 2 aliphatic heterocycles. The smallest absolute Gasteiger partial charge is 0.246 e. The Morgan fingerprint density at radius 3 is 2.76 bits per heavy atom. The van der Waals surface area contributed by atoms with Crippen LogP contribution < -0.4 is 0 Å². The van der Waals surface area contributed by atoms with E-state index >= 15 is 0 Å². The lowest BCUT2D eigenvalue weighted by Crippen LogP contribution is -2.66. The van der Waals surface area contributed by atoms with Gasteiger partial charge in [0, 0.05) is 11.4 Å². The molecule has 2 fully saturated rings. The first-order valence-electron chi connectivity index (χ1n) is 7.73. The summed E-state index contributed by atoms with van der Waals surface area (Å²) < 4.78 is 0. The maximum Gasteiger partial charge on any atom is 0.246 e. The van der Waals surface area contributed by atoms with Crippen LogP contribution in [0, 0.1) is 5.92 Å². The Morgan fingerprint density at radius 2 is 2.10 bits per heavy atom. The van der Waals surface area contributed by atoms with Crippen LogP contribution in [0.2, 0.25) is 0 Å². The summed E-state index contributed by atoms with van der Waals surface area (Å²) in [7, 11) is 0. The first-order valence-corrected chi connectivity index (χ1v) is 8.61. The van der Waals surface area contributed by atoms with Gasteiger partial charge < -0.3 is 9.80 Å². The lowest BCUT2D eigenvalue weighted by atomic mass is 9.90. The van der Waals surface area contributed by atoms with Crippen molar-refractivity contribution in [1.82, 2.24) is 9.80 Å². The monoisotopic (exact) mass is 306 g/mol. The van der Waals surface area contributed by atoms with E-state index in [4.69, 9.17) is 0 Å². The van der Waals surface area contributed by atoms with Crippen LogP contribution in [-0.4, -0.2) is 40.2 Å². The minimum atomic E-state index is -0.311. The van der Waals surface area contributed by atoms with Gasteiger partial charge in [0.25, 0.3) is 0 Å². The van der Waals surface area contributed by atoms with Crippen molar-refractivity contribution < 1.29 is 9.59 Å². The molecular formula is C16H22N2O2S. The zero-order chi connectivity index (χ0) is 15.0. The summed E-state index contributed by atoms with van der Waals surface area (Å²) in [6.45, 7) is 5.36. The number of nitrogens with zero attached hydrogens (tertiary/aromatic N) is 2. The highest BCUT2D eigenvalue weighted by molar-refractivity contribution is 7.09. The molecule has 0 aliphatic carbocycles. The topological polar surface area (TPSA) is 40.6 Å². The highest BCUT2D eigenvalue weighted by Gasteiger charge is 2.47. The average molecular weight is 306 g/mol. The van der Waals surface area contributed by atoms with Crippen LogP contribution in [0.1, 0.15) is 38.0 Å². The van der Waals surface area contributed by atoms with Crippen LogP contribution >= 0.6 is 11.3 Å². The predicted octanol–water partition coefficient (Wildman–Crippen LogP) is 2.50. The van der Waals surface area contributed by atoms with Gasteiger partial charge in [0.05, 0.1) is 6.54 Å². The Labute approximate surface area is 129 Å². The van der Waals surface area contributed by atoms with Crippen molar-refractivity contribution >= 4 is 23.2 Å². The number of fused-ring (bicyclic) bond motifs is 1. The molecule has 21 heavy (non-hydrogen) atoms. The number of rotatable bonds is 3. The second kappa shape index (κ2) is 5.79. The molecule has 0 saturated carbocycles. The second-order valence-corrected chi connectivity index (χ2v) is 7.31. The quantitative estimate of drug-likeness (QED) is 0.861. The van der Waals surface area contributed by atoms with Gasteiger partial charge >= 0.3 is 0 Å². The van der Waals surface area contributed by atoms with Crippen molar-refractivity contribution in [1.29, 1.82) is 0 Å². The van der Waals surface area contributed by atoms with Gasteiger partial charge in [0.1, 0.15) is 12.1 Å². The fraction of sp³-hybridized carbons (Fsp3) is 0.625. The van der Waals surface area contributed by atoms with Gasteiger partial charge in [-0.25, -0.2) is 0 Å². The van der Waals surface area contributed by atoms with E-state index in [-0.39, 0.29) is 29.8 Å². The number of thiophene rings is 1. The molecule has 0 N–H and O–H groups in total. The molecular weight excluding hydrogens is 284 g/mol. The number of amides is 2. The van der Waals surface area contributed by atoms with Crippen molar-refractivity contribution in [3.63, 3.8) is 0 Å². The van der Waals surface area contributed by atoms with Crippen molar-refractivity contribution in [3.8, 4) is 0 Å². The highest BCUT2D eigenvalue weighted by Crippen LogP contribution is 2.30. The highest BCUT2D eigenvalue weighted by atomic mass is 32.1. The maximum atomic E-state index is 12.9. The molecule has 5 heteroatoms. The number of piperidine rings is 1. The van der Waals surface area contributed by atoms with Gasteiger partial charge in [-0.15, -0.1) is 11.3 Å². The predicted molar refractivity (Wildman–Crippen MR) is 82.8 cm³/mol. The Hall–Kier alpha value is -1.36. The lowest BCUT2D eigenvalue weighted by Gasteiger charge is -2.48. The molecule has 3 rings (SSSR count). The third-order valence-corrected chi connectivity index (χ3v) is 5.34. The van der Waals surface area contributed by atoms with Gasteiger partial charge in [0.2, 0.25) is 11.8 Å². The summed E-state index contributed by atoms with van der Waals surface area (Å²) in [5.74, 6) is 0.427. The van der Waals surface area contributed by atoms with Crippen LogP contribution in [0.5, 0.6) is 0 Å². The van der Waals surface area contributed by atoms with E-state index in [1.165, 1.54) is 0 Å². The lowest BCUT2D eigenvalue weighted by molar-refractivity contribution is -0.166. The van der Waals surface area contributed by atoms with Crippen LogP contribution in [-0.2, 0) is 16.1 Å². The molecule has 4 nitrogen and oxygen atoms in total. The summed E-state index contributed by atoms with van der Waals surface area (Å²) in [4.78, 5) is 30.5. The zero-order valence-electron chi connectivity index (χ0n) is 12.6. The van der Waals surface area contributed by atoms with Crippen molar-refractivity contribution in [3.05, 3.63) is 22.4 Å². The normalized spacial score (nSPS) is 26.4. The molecule has 1 aromatic heterocycles. The number of piperazine rings is 1. The molecule has 2 aliphatic rings. The van der Waals surface area contributed by atoms with Gasteiger partial charge in [-0.2, -0.15) is 0 Å². The van der Waals surface area contributed by atoms with Crippen molar-refractivity contribution in [2.45, 2.75) is 51.7 Å². The SMILES string of the molecule is CC(C)C1C(=O)N2CCCCC2C(=O)N1Cc1cccs1. The molecule has 0 bridgehead atoms. The number of carbonyl (C=O) groups excluding carboxylic acids is 2. The van der Waals surface area contributed by atoms with Crippen LogP contribution in [0.4, 0.5) is 0 Å². The molecule has 0 spiro atoms. The molecule has 2 unspecified atom stereocenters. The average Bonchev–Trinajstić information content (AvgIpc) is 2.97. The van der Waals surface area contributed by atoms with Gasteiger partial charge in [0.15, 0.2) is 0 Å². The molecule has 0 aromatic carbocycles. The number of hydrogen-bond acceptors (Lipinski definition) is 3. The number of hydrogen-bond donors (Lipinski definition) is 0. The molecule has 114 valence electrons. The molecule has 3 heterocycles. The summed E-state index contributed by atoms with van der Waals surface area (Å²) in [6, 6.07) is 3.50. The van der Waals surface area contributed by atoms with E-state index in [2.05, 4.69) is 0 Å². The minimum absolute atomic E-state index is 0.140. The van der Waals surface area contributed by atoms with Crippen molar-refractivity contribution in [2.75, 3.05) is 6.54 Å². The van der Waals surface area contributed by atoms with Crippen molar-refractivity contribution in [2.24, 2.45) is 5.92 Å². The first kappa shape index (κ1) is 14.6. The summed E-state index contributed by atoms with van der Waals surface area (Å²) >= 11 is 1.64. The Balaban J connectivity index is 1.90. The maximum absolute atomic E-state index is 12.9. The third-order valence-electron chi connectivity index (χ3n) is 4.48. The largest absolute Gasteiger partial charge is 0.329 e. The third kappa shape index (κ3) is 2.59. The molecule has 2 saturated heterocycles. The van der Waals surface area contributed by atoms with E-state index in [1.807, 2.05) is 41.2 Å². The van der Waals surface area contributed by atoms with E-state index in [0.717, 1.165) is 30.7 Å². The van der Waals surface area contributed by atoms with E-state index in [0.29, 0.717) is 6.54 Å². The summed E-state index contributed by atoms with van der Waals surface area (Å²) in [5, 5.41) is 2.02. The molecule has 2 atom stereocenters. The van der Waals surface area contributed by atoms with Crippen LogP contribution in [0.3, 0.4) is 0 Å². The van der Waals surface area contributed by atoms with Crippen LogP contribution in [0.25, 0.3) is 0 Å². The summed E-state index contributed by atoms with van der Waals surface area (Å²) in [6.07, 6.45) is 2.88. The first-order chi connectivity index (χ1) is 10.1. The minimum Gasteiger partial charge on any atom is -0.329 e. The van der Waals surface area contributed by atoms with Crippen LogP contribution in [0.15, 0.2) is 17.5 Å².